The highest BCUT2D eigenvalue weighted by atomic mass is 16.5. The molecule has 204 valence electrons. The Kier molecular flexibility index (Phi) is 7.95. The van der Waals surface area contributed by atoms with Crippen molar-refractivity contribution in [1.29, 1.82) is 0 Å². The average Bonchev–Trinajstić information content (AvgIpc) is 3.22. The van der Waals surface area contributed by atoms with E-state index in [1.807, 2.05) is 30.3 Å². The van der Waals surface area contributed by atoms with Gasteiger partial charge < -0.3 is 4.74 Å². The van der Waals surface area contributed by atoms with Crippen LogP contribution < -0.4 is 0 Å². The minimum absolute atomic E-state index is 0.0588. The number of carbonyl (C=O) groups excluding carboxylic acids is 1. The minimum atomic E-state index is -0.0676. The summed E-state index contributed by atoms with van der Waals surface area (Å²) in [6.07, 6.45) is 17.4. The van der Waals surface area contributed by atoms with E-state index in [-0.39, 0.29) is 12.1 Å². The third-order valence-corrected chi connectivity index (χ3v) is 11.7. The Morgan fingerprint density at radius 3 is 2.51 bits per heavy atom. The topological polar surface area (TPSA) is 26.3 Å². The van der Waals surface area contributed by atoms with Gasteiger partial charge in [-0.15, -0.1) is 0 Å². The van der Waals surface area contributed by atoms with Gasteiger partial charge in [0.25, 0.3) is 0 Å². The van der Waals surface area contributed by atoms with Gasteiger partial charge >= 0.3 is 5.97 Å². The van der Waals surface area contributed by atoms with Crippen molar-refractivity contribution in [3.8, 4) is 0 Å². The standard InChI is InChI=1S/C35H52O2/c1-24(2)10-9-11-25(3)30-16-17-31-29-15-14-27-23-28(37-33(36)22-26-12-7-6-8-13-26)18-20-34(27,4)32(29)19-21-35(30,31)5/h6-8,12-14,24-25,28-32H,9-11,15-23H2,1-5H3/t25?,28?,29?,30?,31?,32?,34-,35+/m0/s1. The Hall–Kier alpha value is -1.57. The number of ether oxygens (including phenoxy) is 1. The highest BCUT2D eigenvalue weighted by Crippen LogP contribution is 2.67. The fourth-order valence-corrected chi connectivity index (χ4v) is 9.74. The highest BCUT2D eigenvalue weighted by molar-refractivity contribution is 5.72. The van der Waals surface area contributed by atoms with Crippen LogP contribution >= 0.6 is 0 Å². The summed E-state index contributed by atoms with van der Waals surface area (Å²) in [5, 5.41) is 0. The Morgan fingerprint density at radius 2 is 1.76 bits per heavy atom. The summed E-state index contributed by atoms with van der Waals surface area (Å²) in [5.41, 5.74) is 3.51. The lowest BCUT2D eigenvalue weighted by Gasteiger charge is -2.58. The SMILES string of the molecule is CC(C)CCCC(C)C1CCC2C3CC=C4CC(OC(=O)Cc5ccccc5)CC[C@]4(C)C3CC[C@]12C. The van der Waals surface area contributed by atoms with E-state index >= 15 is 0 Å². The molecule has 1 aromatic carbocycles. The van der Waals surface area contributed by atoms with Crippen LogP contribution in [-0.4, -0.2) is 12.1 Å². The Bertz CT molecular complexity index is 963. The number of esters is 1. The molecule has 0 saturated heterocycles. The van der Waals surface area contributed by atoms with Crippen LogP contribution in [0.25, 0.3) is 0 Å². The largest absolute Gasteiger partial charge is 0.462 e. The molecule has 1 aromatic rings. The molecule has 0 aliphatic heterocycles. The molecule has 2 heteroatoms. The molecule has 0 N–H and O–H groups in total. The van der Waals surface area contributed by atoms with Gasteiger partial charge in [0.15, 0.2) is 0 Å². The number of hydrogen-bond acceptors (Lipinski definition) is 2. The van der Waals surface area contributed by atoms with Gasteiger partial charge in [0.05, 0.1) is 6.42 Å². The van der Waals surface area contributed by atoms with Crippen molar-refractivity contribution in [2.24, 2.45) is 46.3 Å². The van der Waals surface area contributed by atoms with Crippen LogP contribution in [0.5, 0.6) is 0 Å². The maximum absolute atomic E-state index is 12.7. The third kappa shape index (κ3) is 5.33. The summed E-state index contributed by atoms with van der Waals surface area (Å²) in [4.78, 5) is 12.7. The molecule has 0 spiro atoms. The lowest BCUT2D eigenvalue weighted by atomic mass is 9.47. The van der Waals surface area contributed by atoms with Gasteiger partial charge in [-0.25, -0.2) is 0 Å². The zero-order valence-electron chi connectivity index (χ0n) is 24.3. The average molecular weight is 505 g/mol. The minimum Gasteiger partial charge on any atom is -0.462 e. The van der Waals surface area contributed by atoms with Gasteiger partial charge in [0.2, 0.25) is 0 Å². The predicted molar refractivity (Wildman–Crippen MR) is 153 cm³/mol. The maximum atomic E-state index is 12.7. The summed E-state index contributed by atoms with van der Waals surface area (Å²) in [6, 6.07) is 10.0. The first kappa shape index (κ1) is 27.0. The molecule has 6 unspecified atom stereocenters. The zero-order chi connectivity index (χ0) is 26.2. The van der Waals surface area contributed by atoms with Gasteiger partial charge in [0.1, 0.15) is 6.10 Å². The van der Waals surface area contributed by atoms with Crippen LogP contribution in [0.4, 0.5) is 0 Å². The normalized spacial score (nSPS) is 37.8. The van der Waals surface area contributed by atoms with Gasteiger partial charge in [-0.05, 0) is 96.8 Å². The van der Waals surface area contributed by atoms with Crippen molar-refractivity contribution in [3.05, 3.63) is 47.5 Å². The van der Waals surface area contributed by atoms with E-state index in [0.717, 1.165) is 53.9 Å². The molecular weight excluding hydrogens is 452 g/mol. The first-order valence-electron chi connectivity index (χ1n) is 15.6. The number of hydrogen-bond donors (Lipinski definition) is 0. The van der Waals surface area contributed by atoms with E-state index in [1.165, 1.54) is 57.8 Å². The quantitative estimate of drug-likeness (QED) is 0.260. The van der Waals surface area contributed by atoms with E-state index in [1.54, 1.807) is 5.57 Å². The summed E-state index contributed by atoms with van der Waals surface area (Å²) >= 11 is 0. The van der Waals surface area contributed by atoms with Crippen LogP contribution in [0.3, 0.4) is 0 Å². The monoisotopic (exact) mass is 504 g/mol. The van der Waals surface area contributed by atoms with Crippen molar-refractivity contribution in [2.45, 2.75) is 118 Å². The van der Waals surface area contributed by atoms with Crippen LogP contribution in [0.2, 0.25) is 0 Å². The molecule has 8 atom stereocenters. The Labute approximate surface area is 227 Å². The number of carbonyl (C=O) groups is 1. The molecule has 2 nitrogen and oxygen atoms in total. The summed E-state index contributed by atoms with van der Waals surface area (Å²) in [5.74, 6) is 5.14. The van der Waals surface area contributed by atoms with Gasteiger partial charge in [-0.1, -0.05) is 95.9 Å². The first-order valence-corrected chi connectivity index (χ1v) is 15.6. The molecule has 0 bridgehead atoms. The molecule has 0 amide bonds. The molecule has 5 rings (SSSR count). The third-order valence-electron chi connectivity index (χ3n) is 11.7. The van der Waals surface area contributed by atoms with E-state index in [4.69, 9.17) is 4.74 Å². The van der Waals surface area contributed by atoms with E-state index in [2.05, 4.69) is 40.7 Å². The molecule has 37 heavy (non-hydrogen) atoms. The maximum Gasteiger partial charge on any atom is 0.310 e. The smallest absolute Gasteiger partial charge is 0.310 e. The molecular formula is C35H52O2. The number of fused-ring (bicyclic) bond motifs is 5. The Balaban J connectivity index is 1.22. The van der Waals surface area contributed by atoms with E-state index < -0.39 is 0 Å². The van der Waals surface area contributed by atoms with Crippen LogP contribution in [0.15, 0.2) is 42.0 Å². The summed E-state index contributed by atoms with van der Waals surface area (Å²) in [7, 11) is 0. The second kappa shape index (κ2) is 10.9. The van der Waals surface area contributed by atoms with E-state index in [9.17, 15) is 4.79 Å². The van der Waals surface area contributed by atoms with Crippen molar-refractivity contribution < 1.29 is 9.53 Å². The second-order valence-electron chi connectivity index (χ2n) is 14.3. The van der Waals surface area contributed by atoms with Crippen LogP contribution in [0.1, 0.15) is 111 Å². The predicted octanol–water partition coefficient (Wildman–Crippen LogP) is 9.18. The van der Waals surface area contributed by atoms with Gasteiger partial charge in [0, 0.05) is 6.42 Å². The van der Waals surface area contributed by atoms with Gasteiger partial charge in [-0.3, -0.25) is 4.79 Å². The summed E-state index contributed by atoms with van der Waals surface area (Å²) in [6.45, 7) is 12.6. The van der Waals surface area contributed by atoms with Gasteiger partial charge in [-0.2, -0.15) is 0 Å². The number of benzene rings is 1. The van der Waals surface area contributed by atoms with Crippen LogP contribution in [0, 0.1) is 46.3 Å². The van der Waals surface area contributed by atoms with Crippen molar-refractivity contribution in [3.63, 3.8) is 0 Å². The van der Waals surface area contributed by atoms with Crippen molar-refractivity contribution in [2.75, 3.05) is 0 Å². The number of allylic oxidation sites excluding steroid dienone is 1. The van der Waals surface area contributed by atoms with Crippen molar-refractivity contribution in [1.82, 2.24) is 0 Å². The number of rotatable bonds is 8. The summed E-state index contributed by atoms with van der Waals surface area (Å²) < 4.78 is 6.02. The molecule has 0 heterocycles. The van der Waals surface area contributed by atoms with Crippen molar-refractivity contribution >= 4 is 5.97 Å². The lowest BCUT2D eigenvalue weighted by molar-refractivity contribution is -0.150. The zero-order valence-corrected chi connectivity index (χ0v) is 24.3. The molecule has 0 radical (unpaired) electrons. The first-order chi connectivity index (χ1) is 17.7. The molecule has 3 saturated carbocycles. The molecule has 0 aromatic heterocycles. The molecule has 4 aliphatic carbocycles. The Morgan fingerprint density at radius 1 is 0.973 bits per heavy atom. The van der Waals surface area contributed by atoms with E-state index in [0.29, 0.717) is 17.3 Å². The highest BCUT2D eigenvalue weighted by Gasteiger charge is 2.59. The molecule has 3 fully saturated rings. The fraction of sp³-hybridized carbons (Fsp3) is 0.743. The molecule has 4 aliphatic rings. The van der Waals surface area contributed by atoms with Crippen LogP contribution in [-0.2, 0) is 16.0 Å². The second-order valence-corrected chi connectivity index (χ2v) is 14.3. The fourth-order valence-electron chi connectivity index (χ4n) is 9.74. The lowest BCUT2D eigenvalue weighted by Crippen LogP contribution is -2.51.